The fraction of sp³-hybridized carbons (Fsp3) is 0.235. The summed E-state index contributed by atoms with van der Waals surface area (Å²) >= 11 is 5.76. The van der Waals surface area contributed by atoms with Gasteiger partial charge in [0.1, 0.15) is 12.4 Å². The van der Waals surface area contributed by atoms with Gasteiger partial charge in [0.25, 0.3) is 0 Å². The Kier molecular flexibility index (Phi) is 6.20. The molecule has 2 rings (SSSR count). The van der Waals surface area contributed by atoms with Gasteiger partial charge in [-0.1, -0.05) is 29.8 Å². The fourth-order valence-corrected chi connectivity index (χ4v) is 2.32. The number of amides is 1. The number of hydrogen-bond donors (Lipinski definition) is 2. The molecular formula is C17H17ClF3N3O2. The average molecular weight is 388 g/mol. The number of rotatable bonds is 6. The number of ether oxygens (including phenoxy) is 1. The van der Waals surface area contributed by atoms with Crippen LogP contribution in [0.15, 0.2) is 42.5 Å². The Morgan fingerprint density at radius 2 is 1.77 bits per heavy atom. The summed E-state index contributed by atoms with van der Waals surface area (Å²) in [6, 6.07) is 10.9. The number of nitrogens with two attached hydrogens (primary N) is 2. The number of nitrogens with zero attached hydrogens (tertiary/aromatic N) is 1. The largest absolute Gasteiger partial charge is 0.490 e. The SMILES string of the molecule is Nc1cccc(OCCN(Cc2ccc(Cl)cc2)C(=O)C(F)(F)F)c1N. The summed E-state index contributed by atoms with van der Waals surface area (Å²) in [4.78, 5) is 12.3. The van der Waals surface area contributed by atoms with Gasteiger partial charge in [0.15, 0.2) is 0 Å². The molecular weight excluding hydrogens is 371 g/mol. The molecule has 2 aromatic rings. The van der Waals surface area contributed by atoms with Crippen LogP contribution in [0.25, 0.3) is 0 Å². The van der Waals surface area contributed by atoms with Gasteiger partial charge in [0.05, 0.1) is 17.9 Å². The van der Waals surface area contributed by atoms with Crippen LogP contribution in [0.5, 0.6) is 5.75 Å². The molecule has 0 saturated heterocycles. The number of carbonyl (C=O) groups excluding carboxylic acids is 1. The number of benzene rings is 2. The molecule has 0 aliphatic carbocycles. The summed E-state index contributed by atoms with van der Waals surface area (Å²) in [5, 5.41) is 0.447. The quantitative estimate of drug-likeness (QED) is 0.743. The lowest BCUT2D eigenvalue weighted by atomic mass is 10.2. The van der Waals surface area contributed by atoms with Crippen LogP contribution in [-0.2, 0) is 11.3 Å². The zero-order chi connectivity index (χ0) is 19.3. The molecule has 0 aromatic heterocycles. The summed E-state index contributed by atoms with van der Waals surface area (Å²) < 4.78 is 43.9. The van der Waals surface area contributed by atoms with Gasteiger partial charge in [-0.25, -0.2) is 0 Å². The maximum Gasteiger partial charge on any atom is 0.471 e. The number of halogens is 4. The zero-order valence-corrected chi connectivity index (χ0v) is 14.3. The predicted octanol–water partition coefficient (Wildman–Crippen LogP) is 3.47. The lowest BCUT2D eigenvalue weighted by Crippen LogP contribution is -2.42. The minimum absolute atomic E-state index is 0.178. The Labute approximate surface area is 153 Å². The Balaban J connectivity index is 2.07. The molecule has 9 heteroatoms. The highest BCUT2D eigenvalue weighted by atomic mass is 35.5. The van der Waals surface area contributed by atoms with E-state index < -0.39 is 12.1 Å². The molecule has 0 saturated carbocycles. The lowest BCUT2D eigenvalue weighted by molar-refractivity contribution is -0.186. The molecule has 2 aromatic carbocycles. The van der Waals surface area contributed by atoms with E-state index in [1.807, 2.05) is 0 Å². The molecule has 0 aliphatic rings. The van der Waals surface area contributed by atoms with Crippen LogP contribution >= 0.6 is 11.6 Å². The van der Waals surface area contributed by atoms with Crippen LogP contribution in [0.3, 0.4) is 0 Å². The first kappa shape index (κ1) is 19.7. The van der Waals surface area contributed by atoms with Crippen molar-refractivity contribution in [2.24, 2.45) is 0 Å². The summed E-state index contributed by atoms with van der Waals surface area (Å²) in [5.41, 5.74) is 12.4. The number of hydrogen-bond acceptors (Lipinski definition) is 4. The standard InChI is InChI=1S/C17H17ClF3N3O2/c18-12-6-4-11(5-7-12)10-24(16(25)17(19,20)21)8-9-26-14-3-1-2-13(22)15(14)23/h1-7H,8-10,22-23H2. The van der Waals surface area contributed by atoms with E-state index in [0.717, 1.165) is 0 Å². The van der Waals surface area contributed by atoms with Crippen LogP contribution in [0, 0.1) is 0 Å². The summed E-state index contributed by atoms with van der Waals surface area (Å²) in [6.45, 7) is -0.691. The van der Waals surface area contributed by atoms with Gasteiger partial charge in [0, 0.05) is 11.6 Å². The molecule has 1 amide bonds. The third-order valence-corrected chi connectivity index (χ3v) is 3.79. The van der Waals surface area contributed by atoms with Gasteiger partial charge >= 0.3 is 12.1 Å². The van der Waals surface area contributed by atoms with Crippen molar-refractivity contribution < 1.29 is 22.7 Å². The van der Waals surface area contributed by atoms with E-state index in [-0.39, 0.29) is 31.1 Å². The topological polar surface area (TPSA) is 81.6 Å². The van der Waals surface area contributed by atoms with E-state index in [9.17, 15) is 18.0 Å². The zero-order valence-electron chi connectivity index (χ0n) is 13.6. The minimum atomic E-state index is -4.98. The number of carbonyl (C=O) groups is 1. The highest BCUT2D eigenvalue weighted by Crippen LogP contribution is 2.27. The maximum atomic E-state index is 12.8. The van der Waals surface area contributed by atoms with E-state index in [0.29, 0.717) is 21.2 Å². The van der Waals surface area contributed by atoms with Crippen molar-refractivity contribution in [2.75, 3.05) is 24.6 Å². The molecule has 0 fully saturated rings. The van der Waals surface area contributed by atoms with Crippen LogP contribution in [0.4, 0.5) is 24.5 Å². The average Bonchev–Trinajstić information content (AvgIpc) is 2.58. The lowest BCUT2D eigenvalue weighted by Gasteiger charge is -2.24. The first-order valence-electron chi connectivity index (χ1n) is 7.56. The first-order chi connectivity index (χ1) is 12.2. The number of alkyl halides is 3. The Morgan fingerprint density at radius 1 is 1.12 bits per heavy atom. The van der Waals surface area contributed by atoms with E-state index in [4.69, 9.17) is 27.8 Å². The van der Waals surface area contributed by atoms with Crippen LogP contribution < -0.4 is 16.2 Å². The van der Waals surface area contributed by atoms with E-state index in [1.165, 1.54) is 12.1 Å². The third kappa shape index (κ3) is 5.19. The molecule has 4 N–H and O–H groups in total. The summed E-state index contributed by atoms with van der Waals surface area (Å²) in [7, 11) is 0. The van der Waals surface area contributed by atoms with Gasteiger partial charge in [0.2, 0.25) is 0 Å². The molecule has 0 spiro atoms. The number of nitrogen functional groups attached to an aromatic ring is 2. The maximum absolute atomic E-state index is 12.8. The minimum Gasteiger partial charge on any atom is -0.490 e. The second-order valence-corrected chi connectivity index (χ2v) is 5.89. The second-order valence-electron chi connectivity index (χ2n) is 5.46. The van der Waals surface area contributed by atoms with E-state index in [2.05, 4.69) is 0 Å². The van der Waals surface area contributed by atoms with Crippen LogP contribution in [0.2, 0.25) is 5.02 Å². The molecule has 0 heterocycles. The molecule has 26 heavy (non-hydrogen) atoms. The molecule has 0 aliphatic heterocycles. The summed E-state index contributed by atoms with van der Waals surface area (Å²) in [6.07, 6.45) is -4.98. The van der Waals surface area contributed by atoms with E-state index in [1.54, 1.807) is 30.3 Å². The normalized spacial score (nSPS) is 11.2. The Morgan fingerprint density at radius 3 is 2.38 bits per heavy atom. The van der Waals surface area contributed by atoms with Gasteiger partial charge in [-0.3, -0.25) is 4.79 Å². The van der Waals surface area contributed by atoms with Crippen molar-refractivity contribution in [3.63, 3.8) is 0 Å². The highest BCUT2D eigenvalue weighted by molar-refractivity contribution is 6.30. The molecule has 0 atom stereocenters. The second kappa shape index (κ2) is 8.18. The predicted molar refractivity (Wildman–Crippen MR) is 93.7 cm³/mol. The molecule has 140 valence electrons. The summed E-state index contributed by atoms with van der Waals surface area (Å²) in [5.74, 6) is -1.70. The molecule has 0 radical (unpaired) electrons. The van der Waals surface area contributed by atoms with Gasteiger partial charge in [-0.05, 0) is 29.8 Å². The smallest absolute Gasteiger partial charge is 0.471 e. The number of para-hydroxylation sites is 1. The molecule has 5 nitrogen and oxygen atoms in total. The van der Waals surface area contributed by atoms with Crippen molar-refractivity contribution in [1.82, 2.24) is 4.90 Å². The Bertz CT molecular complexity index is 767. The number of anilines is 2. The van der Waals surface area contributed by atoms with Crippen LogP contribution in [0.1, 0.15) is 5.56 Å². The van der Waals surface area contributed by atoms with Crippen molar-refractivity contribution in [3.8, 4) is 5.75 Å². The van der Waals surface area contributed by atoms with Gasteiger partial charge in [-0.15, -0.1) is 0 Å². The monoisotopic (exact) mass is 387 g/mol. The van der Waals surface area contributed by atoms with Crippen LogP contribution in [-0.4, -0.2) is 30.1 Å². The van der Waals surface area contributed by atoms with Crippen molar-refractivity contribution in [1.29, 1.82) is 0 Å². The van der Waals surface area contributed by atoms with Crippen molar-refractivity contribution in [3.05, 3.63) is 53.1 Å². The molecule has 0 unspecified atom stereocenters. The highest BCUT2D eigenvalue weighted by Gasteiger charge is 2.42. The van der Waals surface area contributed by atoms with E-state index >= 15 is 0 Å². The fourth-order valence-electron chi connectivity index (χ4n) is 2.19. The molecule has 0 bridgehead atoms. The van der Waals surface area contributed by atoms with Crippen molar-refractivity contribution >= 4 is 28.9 Å². The van der Waals surface area contributed by atoms with Crippen molar-refractivity contribution in [2.45, 2.75) is 12.7 Å². The third-order valence-electron chi connectivity index (χ3n) is 3.54. The van der Waals surface area contributed by atoms with Gasteiger partial charge < -0.3 is 21.1 Å². The Hall–Kier alpha value is -2.61. The first-order valence-corrected chi connectivity index (χ1v) is 7.93. The van der Waals surface area contributed by atoms with Gasteiger partial charge in [-0.2, -0.15) is 13.2 Å².